The zero-order valence-corrected chi connectivity index (χ0v) is 14.5. The predicted molar refractivity (Wildman–Crippen MR) is 90.4 cm³/mol. The Kier molecular flexibility index (Phi) is 3.80. The van der Waals surface area contributed by atoms with E-state index in [0.29, 0.717) is 11.5 Å². The van der Waals surface area contributed by atoms with Crippen LogP contribution in [-0.4, -0.2) is 25.4 Å². The summed E-state index contributed by atoms with van der Waals surface area (Å²) in [4.78, 5) is 0. The van der Waals surface area contributed by atoms with Crippen molar-refractivity contribution in [1.29, 1.82) is 0 Å². The van der Waals surface area contributed by atoms with Crippen molar-refractivity contribution >= 4 is 25.6 Å². The fourth-order valence-corrected chi connectivity index (χ4v) is 11.3. The summed E-state index contributed by atoms with van der Waals surface area (Å²) in [7, 11) is -3.47. The maximum Gasteiger partial charge on any atom is 0.115 e. The van der Waals surface area contributed by atoms with Crippen molar-refractivity contribution in [3.8, 4) is 11.5 Å². The highest BCUT2D eigenvalue weighted by Gasteiger charge is 2.43. The topological polar surface area (TPSA) is 40.5 Å². The molecule has 0 amide bonds. The lowest BCUT2D eigenvalue weighted by Crippen LogP contribution is -2.69. The molecular weight excluding hydrogens is 280 g/mol. The standard InChI is InChI=1S/C16H22O2Si2/c1-19(2,15-9-5-7-13(17)11-15)20(3,4)16-10-6-8-14(18)12-16/h5-12,17-18H,1-4H3. The van der Waals surface area contributed by atoms with Crippen LogP contribution >= 0.6 is 0 Å². The lowest BCUT2D eigenvalue weighted by Gasteiger charge is -2.39. The van der Waals surface area contributed by atoms with Crippen LogP contribution in [-0.2, 0) is 0 Å². The SMILES string of the molecule is C[Si](C)(c1cccc(O)c1)[Si](C)(C)c1cccc(O)c1. The van der Waals surface area contributed by atoms with Gasteiger partial charge in [0, 0.05) is 0 Å². The maximum atomic E-state index is 9.75. The molecule has 0 spiro atoms. The zero-order valence-electron chi connectivity index (χ0n) is 12.5. The lowest BCUT2D eigenvalue weighted by molar-refractivity contribution is 0.475. The van der Waals surface area contributed by atoms with Crippen LogP contribution in [0.1, 0.15) is 0 Å². The molecule has 4 heteroatoms. The maximum absolute atomic E-state index is 9.75. The molecule has 0 radical (unpaired) electrons. The Morgan fingerprint density at radius 3 is 1.30 bits per heavy atom. The quantitative estimate of drug-likeness (QED) is 0.856. The molecule has 0 bridgehead atoms. The van der Waals surface area contributed by atoms with E-state index in [1.807, 2.05) is 24.3 Å². The Balaban J connectivity index is 2.51. The lowest BCUT2D eigenvalue weighted by atomic mass is 10.3. The first-order valence-corrected chi connectivity index (χ1v) is 13.8. The van der Waals surface area contributed by atoms with Crippen LogP contribution in [0.4, 0.5) is 0 Å². The number of phenols is 2. The summed E-state index contributed by atoms with van der Waals surface area (Å²) in [5.41, 5.74) is 0. The Hall–Kier alpha value is -1.53. The van der Waals surface area contributed by atoms with Crippen LogP contribution in [0.2, 0.25) is 26.2 Å². The second-order valence-electron chi connectivity index (χ2n) is 6.35. The molecule has 0 atom stereocenters. The van der Waals surface area contributed by atoms with E-state index in [1.54, 1.807) is 12.1 Å². The van der Waals surface area contributed by atoms with Gasteiger partial charge in [0.05, 0.1) is 15.2 Å². The van der Waals surface area contributed by atoms with Gasteiger partial charge in [-0.05, 0) is 24.3 Å². The molecule has 2 aromatic carbocycles. The van der Waals surface area contributed by atoms with Crippen molar-refractivity contribution in [2.75, 3.05) is 0 Å². The zero-order chi connectivity index (χ0) is 15.0. The van der Waals surface area contributed by atoms with Crippen LogP contribution in [0.5, 0.6) is 11.5 Å². The molecule has 0 saturated heterocycles. The number of phenolic OH excluding ortho intramolecular Hbond substituents is 2. The minimum atomic E-state index is -1.73. The van der Waals surface area contributed by atoms with Gasteiger partial charge in [0.2, 0.25) is 0 Å². The van der Waals surface area contributed by atoms with Gasteiger partial charge in [-0.2, -0.15) is 0 Å². The molecule has 2 aromatic rings. The number of hydrogen-bond acceptors (Lipinski definition) is 2. The molecule has 2 N–H and O–H groups in total. The highest BCUT2D eigenvalue weighted by molar-refractivity contribution is 7.49. The van der Waals surface area contributed by atoms with Gasteiger partial charge in [0.15, 0.2) is 0 Å². The summed E-state index contributed by atoms with van der Waals surface area (Å²) in [6.07, 6.45) is 0. The largest absolute Gasteiger partial charge is 0.508 e. The Labute approximate surface area is 122 Å². The summed E-state index contributed by atoms with van der Waals surface area (Å²) in [6, 6.07) is 15.4. The summed E-state index contributed by atoms with van der Waals surface area (Å²) >= 11 is 0. The Morgan fingerprint density at radius 1 is 0.650 bits per heavy atom. The molecule has 0 aromatic heterocycles. The van der Waals surface area contributed by atoms with Gasteiger partial charge in [0.25, 0.3) is 0 Å². The van der Waals surface area contributed by atoms with E-state index in [4.69, 9.17) is 0 Å². The van der Waals surface area contributed by atoms with E-state index >= 15 is 0 Å². The van der Waals surface area contributed by atoms with Crippen LogP contribution in [0.3, 0.4) is 0 Å². The van der Waals surface area contributed by atoms with Crippen LogP contribution in [0, 0.1) is 0 Å². The van der Waals surface area contributed by atoms with Crippen molar-refractivity contribution in [2.24, 2.45) is 0 Å². The van der Waals surface area contributed by atoms with Crippen LogP contribution in [0.25, 0.3) is 0 Å². The highest BCUT2D eigenvalue weighted by Crippen LogP contribution is 2.22. The third kappa shape index (κ3) is 2.53. The smallest absolute Gasteiger partial charge is 0.115 e. The number of rotatable bonds is 3. The molecule has 2 rings (SSSR count). The van der Waals surface area contributed by atoms with E-state index in [1.165, 1.54) is 10.4 Å². The second-order valence-corrected chi connectivity index (χ2v) is 21.5. The van der Waals surface area contributed by atoms with Crippen LogP contribution < -0.4 is 10.4 Å². The summed E-state index contributed by atoms with van der Waals surface area (Å²) in [5.74, 6) is 0.674. The monoisotopic (exact) mass is 302 g/mol. The fraction of sp³-hybridized carbons (Fsp3) is 0.250. The molecule has 2 nitrogen and oxygen atoms in total. The van der Waals surface area contributed by atoms with E-state index in [9.17, 15) is 10.2 Å². The Bertz CT molecular complexity index is 566. The molecule has 0 heterocycles. The summed E-state index contributed by atoms with van der Waals surface area (Å²) in [6.45, 7) is 9.44. The van der Waals surface area contributed by atoms with Crippen molar-refractivity contribution in [3.63, 3.8) is 0 Å². The molecule has 0 aliphatic heterocycles. The third-order valence-corrected chi connectivity index (χ3v) is 22.4. The van der Waals surface area contributed by atoms with Gasteiger partial charge in [-0.25, -0.2) is 0 Å². The molecule has 0 fully saturated rings. The second kappa shape index (κ2) is 5.11. The number of hydrogen-bond donors (Lipinski definition) is 2. The van der Waals surface area contributed by atoms with E-state index in [2.05, 4.69) is 38.3 Å². The molecule has 20 heavy (non-hydrogen) atoms. The van der Waals surface area contributed by atoms with Crippen molar-refractivity contribution in [1.82, 2.24) is 0 Å². The normalized spacial score (nSPS) is 12.4. The highest BCUT2D eigenvalue weighted by atomic mass is 29.3. The van der Waals surface area contributed by atoms with Gasteiger partial charge < -0.3 is 10.2 Å². The van der Waals surface area contributed by atoms with Crippen molar-refractivity contribution in [3.05, 3.63) is 48.5 Å². The predicted octanol–water partition coefficient (Wildman–Crippen LogP) is 2.71. The molecule has 0 saturated carbocycles. The van der Waals surface area contributed by atoms with Gasteiger partial charge in [-0.3, -0.25) is 0 Å². The first kappa shape index (κ1) is 14.9. The Morgan fingerprint density at radius 2 is 1.00 bits per heavy atom. The summed E-state index contributed by atoms with van der Waals surface area (Å²) in [5, 5.41) is 22.1. The van der Waals surface area contributed by atoms with Gasteiger partial charge >= 0.3 is 0 Å². The molecule has 0 aliphatic rings. The first-order chi connectivity index (χ1) is 9.25. The molecule has 106 valence electrons. The van der Waals surface area contributed by atoms with Crippen molar-refractivity contribution < 1.29 is 10.2 Å². The minimum Gasteiger partial charge on any atom is -0.508 e. The molecule has 0 aliphatic carbocycles. The van der Waals surface area contributed by atoms with Gasteiger partial charge in [-0.1, -0.05) is 60.8 Å². The third-order valence-electron chi connectivity index (χ3n) is 4.70. The van der Waals surface area contributed by atoms with E-state index in [-0.39, 0.29) is 0 Å². The first-order valence-electron chi connectivity index (χ1n) is 6.84. The van der Waals surface area contributed by atoms with Gasteiger partial charge in [-0.15, -0.1) is 0 Å². The molecule has 0 unspecified atom stereocenters. The summed E-state index contributed by atoms with van der Waals surface area (Å²) < 4.78 is 0. The average Bonchev–Trinajstić information content (AvgIpc) is 2.38. The van der Waals surface area contributed by atoms with E-state index < -0.39 is 15.2 Å². The number of aromatic hydroxyl groups is 2. The van der Waals surface area contributed by atoms with E-state index in [0.717, 1.165) is 0 Å². The van der Waals surface area contributed by atoms with Crippen molar-refractivity contribution in [2.45, 2.75) is 26.2 Å². The minimum absolute atomic E-state index is 0.337. The molecular formula is C16H22O2Si2. The van der Waals surface area contributed by atoms with Crippen LogP contribution in [0.15, 0.2) is 48.5 Å². The fourth-order valence-electron chi connectivity index (χ4n) is 2.51. The average molecular weight is 303 g/mol. The van der Waals surface area contributed by atoms with Gasteiger partial charge in [0.1, 0.15) is 11.5 Å². The number of benzene rings is 2.